The van der Waals surface area contributed by atoms with E-state index in [2.05, 4.69) is 23.8 Å². The van der Waals surface area contributed by atoms with Gasteiger partial charge in [0.15, 0.2) is 5.82 Å². The van der Waals surface area contributed by atoms with Gasteiger partial charge in [-0.05, 0) is 39.8 Å². The van der Waals surface area contributed by atoms with Gasteiger partial charge < -0.3 is 4.90 Å². The van der Waals surface area contributed by atoms with E-state index in [0.29, 0.717) is 23.6 Å². The summed E-state index contributed by atoms with van der Waals surface area (Å²) in [5.41, 5.74) is 0.0633. The maximum atomic E-state index is 13.6. The van der Waals surface area contributed by atoms with Gasteiger partial charge in [0.25, 0.3) is 0 Å². The van der Waals surface area contributed by atoms with Gasteiger partial charge in [-0.3, -0.25) is 0 Å². The van der Waals surface area contributed by atoms with Crippen LogP contribution in [0.4, 0.5) is 13.2 Å². The number of rotatable bonds is 3. The van der Waals surface area contributed by atoms with Crippen LogP contribution in [0.15, 0.2) is 6.20 Å². The monoisotopic (exact) mass is 261 g/mol. The van der Waals surface area contributed by atoms with Gasteiger partial charge >= 0.3 is 6.55 Å². The largest absolute Gasteiger partial charge is 0.333 e. The molecular formula is C12H18F3N3. The summed E-state index contributed by atoms with van der Waals surface area (Å²) in [6, 6.07) is 0.441. The SMILES string of the molecule is CC(C)N1CCC(c2c(F)cnn2C(F)F)CC1. The molecule has 1 fully saturated rings. The molecule has 0 spiro atoms. The molecule has 0 aliphatic carbocycles. The van der Waals surface area contributed by atoms with Crippen LogP contribution in [0, 0.1) is 5.82 Å². The molecule has 0 bridgehead atoms. The molecule has 3 nitrogen and oxygen atoms in total. The molecular weight excluding hydrogens is 243 g/mol. The third kappa shape index (κ3) is 2.53. The van der Waals surface area contributed by atoms with E-state index in [1.165, 1.54) is 0 Å². The maximum absolute atomic E-state index is 13.6. The van der Waals surface area contributed by atoms with E-state index in [1.807, 2.05) is 0 Å². The van der Waals surface area contributed by atoms with Crippen molar-refractivity contribution in [3.63, 3.8) is 0 Å². The van der Waals surface area contributed by atoms with Crippen LogP contribution in [0.2, 0.25) is 0 Å². The zero-order chi connectivity index (χ0) is 13.3. The van der Waals surface area contributed by atoms with Crippen LogP contribution in [-0.4, -0.2) is 33.8 Å². The fraction of sp³-hybridized carbons (Fsp3) is 0.750. The number of halogens is 3. The molecule has 0 saturated carbocycles. The fourth-order valence-electron chi connectivity index (χ4n) is 2.58. The minimum Gasteiger partial charge on any atom is -0.301 e. The van der Waals surface area contributed by atoms with Crippen molar-refractivity contribution in [1.29, 1.82) is 0 Å². The highest BCUT2D eigenvalue weighted by molar-refractivity contribution is 5.12. The van der Waals surface area contributed by atoms with Crippen molar-refractivity contribution in [2.45, 2.75) is 45.2 Å². The van der Waals surface area contributed by atoms with E-state index in [-0.39, 0.29) is 11.6 Å². The summed E-state index contributed by atoms with van der Waals surface area (Å²) in [6.45, 7) is 3.06. The number of piperidine rings is 1. The highest BCUT2D eigenvalue weighted by atomic mass is 19.3. The summed E-state index contributed by atoms with van der Waals surface area (Å²) < 4.78 is 39.5. The number of nitrogens with zero attached hydrogens (tertiary/aromatic N) is 3. The van der Waals surface area contributed by atoms with E-state index in [0.717, 1.165) is 19.3 Å². The van der Waals surface area contributed by atoms with Crippen molar-refractivity contribution in [2.24, 2.45) is 0 Å². The van der Waals surface area contributed by atoms with Gasteiger partial charge in [-0.15, -0.1) is 0 Å². The molecule has 0 atom stereocenters. The number of aromatic nitrogens is 2. The molecule has 0 radical (unpaired) electrons. The van der Waals surface area contributed by atoms with Crippen LogP contribution in [-0.2, 0) is 0 Å². The zero-order valence-corrected chi connectivity index (χ0v) is 10.6. The van der Waals surface area contributed by atoms with Crippen molar-refractivity contribution in [1.82, 2.24) is 14.7 Å². The lowest BCUT2D eigenvalue weighted by Gasteiger charge is -2.34. The summed E-state index contributed by atoms with van der Waals surface area (Å²) in [5, 5.41) is 3.42. The van der Waals surface area contributed by atoms with Crippen LogP contribution in [0.3, 0.4) is 0 Å². The van der Waals surface area contributed by atoms with Gasteiger partial charge in [-0.1, -0.05) is 0 Å². The number of likely N-dealkylation sites (tertiary alicyclic amines) is 1. The highest BCUT2D eigenvalue weighted by Crippen LogP contribution is 2.32. The van der Waals surface area contributed by atoms with Crippen LogP contribution in [0.25, 0.3) is 0 Å². The lowest BCUT2D eigenvalue weighted by atomic mass is 9.92. The van der Waals surface area contributed by atoms with Crippen molar-refractivity contribution in [3.8, 4) is 0 Å². The molecule has 1 aliphatic heterocycles. The summed E-state index contributed by atoms with van der Waals surface area (Å²) in [4.78, 5) is 2.28. The van der Waals surface area contributed by atoms with Crippen molar-refractivity contribution >= 4 is 0 Å². The van der Waals surface area contributed by atoms with Crippen LogP contribution < -0.4 is 0 Å². The normalized spacial score (nSPS) is 19.1. The lowest BCUT2D eigenvalue weighted by molar-refractivity contribution is 0.0493. The minimum atomic E-state index is -2.77. The molecule has 1 saturated heterocycles. The predicted octanol–water partition coefficient (Wildman–Crippen LogP) is 3.01. The van der Waals surface area contributed by atoms with Crippen LogP contribution in [0.5, 0.6) is 0 Å². The Hall–Kier alpha value is -1.04. The summed E-state index contributed by atoms with van der Waals surface area (Å²) in [5.74, 6) is -0.769. The molecule has 1 aromatic heterocycles. The third-order valence-corrected chi connectivity index (χ3v) is 3.62. The molecule has 102 valence electrons. The van der Waals surface area contributed by atoms with E-state index in [4.69, 9.17) is 0 Å². The molecule has 1 aliphatic rings. The second kappa shape index (κ2) is 5.30. The van der Waals surface area contributed by atoms with Gasteiger partial charge in [0.05, 0.1) is 11.9 Å². The van der Waals surface area contributed by atoms with Crippen LogP contribution in [0.1, 0.15) is 44.9 Å². The smallest absolute Gasteiger partial charge is 0.301 e. The first-order chi connectivity index (χ1) is 8.50. The first-order valence-electron chi connectivity index (χ1n) is 6.25. The quantitative estimate of drug-likeness (QED) is 0.834. The number of alkyl halides is 2. The van der Waals surface area contributed by atoms with E-state index < -0.39 is 12.4 Å². The minimum absolute atomic E-state index is 0.0633. The number of hydrogen-bond donors (Lipinski definition) is 0. The average molecular weight is 261 g/mol. The zero-order valence-electron chi connectivity index (χ0n) is 10.6. The van der Waals surface area contributed by atoms with E-state index in [1.54, 1.807) is 0 Å². The van der Waals surface area contributed by atoms with Crippen molar-refractivity contribution in [2.75, 3.05) is 13.1 Å². The molecule has 0 amide bonds. The number of hydrogen-bond acceptors (Lipinski definition) is 2. The molecule has 2 heterocycles. The van der Waals surface area contributed by atoms with Gasteiger partial charge in [0, 0.05) is 12.0 Å². The Balaban J connectivity index is 2.12. The first kappa shape index (κ1) is 13.4. The topological polar surface area (TPSA) is 21.1 Å². The second-order valence-electron chi connectivity index (χ2n) is 5.00. The molecule has 0 unspecified atom stereocenters. The first-order valence-corrected chi connectivity index (χ1v) is 6.25. The van der Waals surface area contributed by atoms with E-state index in [9.17, 15) is 13.2 Å². The summed E-state index contributed by atoms with van der Waals surface area (Å²) in [6.07, 6.45) is 2.29. The van der Waals surface area contributed by atoms with Gasteiger partial charge in [0.2, 0.25) is 0 Å². The molecule has 6 heteroatoms. The van der Waals surface area contributed by atoms with Crippen LogP contribution >= 0.6 is 0 Å². The maximum Gasteiger partial charge on any atom is 0.333 e. The Labute approximate surface area is 105 Å². The van der Waals surface area contributed by atoms with Crippen molar-refractivity contribution in [3.05, 3.63) is 17.7 Å². The Kier molecular flexibility index (Phi) is 3.94. The van der Waals surface area contributed by atoms with Gasteiger partial charge in [-0.25, -0.2) is 9.07 Å². The molecule has 1 aromatic rings. The predicted molar refractivity (Wildman–Crippen MR) is 62.1 cm³/mol. The Morgan fingerprint density at radius 1 is 1.28 bits per heavy atom. The van der Waals surface area contributed by atoms with Crippen molar-refractivity contribution < 1.29 is 13.2 Å². The molecule has 18 heavy (non-hydrogen) atoms. The Bertz CT molecular complexity index is 395. The standard InChI is InChI=1S/C12H18F3N3/c1-8(2)17-5-3-9(4-6-17)11-10(13)7-16-18(11)12(14)15/h7-9,12H,3-6H2,1-2H3. The molecule has 0 N–H and O–H groups in total. The average Bonchev–Trinajstić information content (AvgIpc) is 2.71. The Morgan fingerprint density at radius 3 is 2.39 bits per heavy atom. The van der Waals surface area contributed by atoms with E-state index >= 15 is 0 Å². The lowest BCUT2D eigenvalue weighted by Crippen LogP contribution is -2.38. The van der Waals surface area contributed by atoms with Gasteiger partial charge in [-0.2, -0.15) is 13.9 Å². The molecule has 2 rings (SSSR count). The highest BCUT2D eigenvalue weighted by Gasteiger charge is 2.29. The second-order valence-corrected chi connectivity index (χ2v) is 5.00. The summed E-state index contributed by atoms with van der Waals surface area (Å²) in [7, 11) is 0. The third-order valence-electron chi connectivity index (χ3n) is 3.62. The molecule has 0 aromatic carbocycles. The fourth-order valence-corrected chi connectivity index (χ4v) is 2.58. The Morgan fingerprint density at radius 2 is 1.89 bits per heavy atom. The van der Waals surface area contributed by atoms with Gasteiger partial charge in [0.1, 0.15) is 0 Å². The summed E-state index contributed by atoms with van der Waals surface area (Å²) >= 11 is 0.